The zero-order valence-electron chi connectivity index (χ0n) is 12.8. The molecule has 1 N–H and O–H groups in total. The Morgan fingerprint density at radius 1 is 1.27 bits per heavy atom. The molecule has 0 atom stereocenters. The van der Waals surface area contributed by atoms with E-state index in [-0.39, 0.29) is 11.5 Å². The molecule has 6 nitrogen and oxygen atoms in total. The van der Waals surface area contributed by atoms with Gasteiger partial charge in [-0.05, 0) is 24.6 Å². The van der Waals surface area contributed by atoms with E-state index in [0.717, 1.165) is 5.82 Å². The summed E-state index contributed by atoms with van der Waals surface area (Å²) in [4.78, 5) is 29.6. The van der Waals surface area contributed by atoms with Gasteiger partial charge in [-0.1, -0.05) is 6.07 Å². The standard InChI is InChI=1S/C16H20N4O2/c1-19(2)14-8-7-13(12-18-14)16(22)17-9-5-11-20-10-4-3-6-15(20)21/h3-4,6-8,10,12H,5,9,11H2,1-2H3,(H,17,22). The van der Waals surface area contributed by atoms with Gasteiger partial charge in [0.1, 0.15) is 5.82 Å². The Morgan fingerprint density at radius 2 is 2.09 bits per heavy atom. The van der Waals surface area contributed by atoms with Crippen molar-refractivity contribution < 1.29 is 4.79 Å². The second kappa shape index (κ2) is 7.40. The number of carbonyl (C=O) groups excluding carboxylic acids is 1. The predicted molar refractivity (Wildman–Crippen MR) is 86.2 cm³/mol. The molecule has 1 amide bonds. The summed E-state index contributed by atoms with van der Waals surface area (Å²) in [5, 5.41) is 2.83. The predicted octanol–water partition coefficient (Wildman–Crippen LogP) is 1.13. The molecule has 0 aliphatic carbocycles. The van der Waals surface area contributed by atoms with Crippen molar-refractivity contribution in [2.45, 2.75) is 13.0 Å². The number of hydrogen-bond donors (Lipinski definition) is 1. The quantitative estimate of drug-likeness (QED) is 0.812. The topological polar surface area (TPSA) is 67.2 Å². The molecule has 0 unspecified atom stereocenters. The van der Waals surface area contributed by atoms with Crippen LogP contribution >= 0.6 is 0 Å². The molecule has 2 aromatic heterocycles. The van der Waals surface area contributed by atoms with Crippen molar-refractivity contribution in [3.05, 3.63) is 58.6 Å². The Kier molecular flexibility index (Phi) is 5.30. The average Bonchev–Trinajstić information content (AvgIpc) is 2.53. The molecule has 2 heterocycles. The maximum Gasteiger partial charge on any atom is 0.252 e. The van der Waals surface area contributed by atoms with Gasteiger partial charge in [-0.2, -0.15) is 0 Å². The van der Waals surface area contributed by atoms with Crippen molar-refractivity contribution in [3.8, 4) is 0 Å². The smallest absolute Gasteiger partial charge is 0.252 e. The van der Waals surface area contributed by atoms with Crippen LogP contribution in [-0.4, -0.2) is 36.1 Å². The lowest BCUT2D eigenvalue weighted by Gasteiger charge is -2.11. The molecule has 0 aliphatic heterocycles. The summed E-state index contributed by atoms with van der Waals surface area (Å²) in [5.74, 6) is 0.651. The molecule has 2 rings (SSSR count). The number of aromatic nitrogens is 2. The zero-order valence-corrected chi connectivity index (χ0v) is 12.8. The third-order valence-corrected chi connectivity index (χ3v) is 3.23. The number of hydrogen-bond acceptors (Lipinski definition) is 4. The van der Waals surface area contributed by atoms with E-state index in [0.29, 0.717) is 25.1 Å². The normalized spacial score (nSPS) is 10.3. The highest BCUT2D eigenvalue weighted by molar-refractivity contribution is 5.94. The van der Waals surface area contributed by atoms with Crippen molar-refractivity contribution in [2.24, 2.45) is 0 Å². The Morgan fingerprint density at radius 3 is 2.73 bits per heavy atom. The van der Waals surface area contributed by atoms with Crippen LogP contribution in [0, 0.1) is 0 Å². The fourth-order valence-corrected chi connectivity index (χ4v) is 1.98. The van der Waals surface area contributed by atoms with Gasteiger partial charge in [0, 0.05) is 45.6 Å². The Hall–Kier alpha value is -2.63. The SMILES string of the molecule is CN(C)c1ccc(C(=O)NCCCn2ccccc2=O)cn1. The second-order valence-corrected chi connectivity index (χ2v) is 5.14. The van der Waals surface area contributed by atoms with Crippen molar-refractivity contribution in [1.82, 2.24) is 14.9 Å². The van der Waals surface area contributed by atoms with E-state index in [4.69, 9.17) is 0 Å². The summed E-state index contributed by atoms with van der Waals surface area (Å²) < 4.78 is 1.62. The van der Waals surface area contributed by atoms with Gasteiger partial charge < -0.3 is 14.8 Å². The Balaban J connectivity index is 1.80. The lowest BCUT2D eigenvalue weighted by molar-refractivity contribution is 0.0952. The highest BCUT2D eigenvalue weighted by Gasteiger charge is 2.06. The van der Waals surface area contributed by atoms with E-state index < -0.39 is 0 Å². The molecule has 0 spiro atoms. The van der Waals surface area contributed by atoms with Gasteiger partial charge in [0.05, 0.1) is 5.56 Å². The number of carbonyl (C=O) groups is 1. The number of pyridine rings is 2. The number of rotatable bonds is 6. The molecule has 0 bridgehead atoms. The van der Waals surface area contributed by atoms with Gasteiger partial charge in [-0.25, -0.2) is 4.98 Å². The number of aryl methyl sites for hydroxylation is 1. The fraction of sp³-hybridized carbons (Fsp3) is 0.312. The van der Waals surface area contributed by atoms with Gasteiger partial charge in [0.15, 0.2) is 0 Å². The molecule has 0 aliphatic rings. The first-order valence-electron chi connectivity index (χ1n) is 7.15. The van der Waals surface area contributed by atoms with E-state index in [9.17, 15) is 9.59 Å². The van der Waals surface area contributed by atoms with Crippen molar-refractivity contribution in [1.29, 1.82) is 0 Å². The van der Waals surface area contributed by atoms with Gasteiger partial charge >= 0.3 is 0 Å². The molecular weight excluding hydrogens is 280 g/mol. The van der Waals surface area contributed by atoms with Crippen LogP contribution in [-0.2, 0) is 6.54 Å². The van der Waals surface area contributed by atoms with Crippen molar-refractivity contribution >= 4 is 11.7 Å². The molecule has 0 radical (unpaired) electrons. The summed E-state index contributed by atoms with van der Waals surface area (Å²) >= 11 is 0. The average molecular weight is 300 g/mol. The molecule has 6 heteroatoms. The first-order chi connectivity index (χ1) is 10.6. The number of anilines is 1. The maximum atomic E-state index is 12.0. The number of amides is 1. The molecule has 0 saturated carbocycles. The lowest BCUT2D eigenvalue weighted by atomic mass is 10.2. The first-order valence-corrected chi connectivity index (χ1v) is 7.15. The Labute approximate surface area is 129 Å². The monoisotopic (exact) mass is 300 g/mol. The van der Waals surface area contributed by atoms with E-state index in [1.807, 2.05) is 25.1 Å². The highest BCUT2D eigenvalue weighted by atomic mass is 16.1. The van der Waals surface area contributed by atoms with E-state index in [1.165, 1.54) is 6.07 Å². The van der Waals surface area contributed by atoms with Crippen LogP contribution in [0.2, 0.25) is 0 Å². The first kappa shape index (κ1) is 15.8. The molecular formula is C16H20N4O2. The van der Waals surface area contributed by atoms with E-state index in [1.54, 1.807) is 35.2 Å². The molecule has 22 heavy (non-hydrogen) atoms. The lowest BCUT2D eigenvalue weighted by Crippen LogP contribution is -2.27. The number of nitrogens with zero attached hydrogens (tertiary/aromatic N) is 3. The summed E-state index contributed by atoms with van der Waals surface area (Å²) in [6, 6.07) is 8.61. The van der Waals surface area contributed by atoms with Crippen LogP contribution in [0.5, 0.6) is 0 Å². The molecule has 0 saturated heterocycles. The van der Waals surface area contributed by atoms with Crippen molar-refractivity contribution in [3.63, 3.8) is 0 Å². The van der Waals surface area contributed by atoms with Crippen LogP contribution in [0.15, 0.2) is 47.5 Å². The summed E-state index contributed by atoms with van der Waals surface area (Å²) in [6.45, 7) is 1.09. The van der Waals surface area contributed by atoms with Crippen LogP contribution in [0.25, 0.3) is 0 Å². The summed E-state index contributed by atoms with van der Waals surface area (Å²) in [6.07, 6.45) is 4.00. The number of nitrogens with one attached hydrogen (secondary N) is 1. The zero-order chi connectivity index (χ0) is 15.9. The summed E-state index contributed by atoms with van der Waals surface area (Å²) in [7, 11) is 3.79. The fourth-order valence-electron chi connectivity index (χ4n) is 1.98. The molecule has 2 aromatic rings. The minimum atomic E-state index is -0.154. The van der Waals surface area contributed by atoms with Crippen LogP contribution < -0.4 is 15.8 Å². The molecule has 116 valence electrons. The molecule has 0 aromatic carbocycles. The van der Waals surface area contributed by atoms with Crippen LogP contribution in [0.1, 0.15) is 16.8 Å². The molecule has 0 fully saturated rings. The minimum Gasteiger partial charge on any atom is -0.363 e. The van der Waals surface area contributed by atoms with Gasteiger partial charge in [-0.15, -0.1) is 0 Å². The third kappa shape index (κ3) is 4.18. The van der Waals surface area contributed by atoms with E-state index >= 15 is 0 Å². The largest absolute Gasteiger partial charge is 0.363 e. The van der Waals surface area contributed by atoms with E-state index in [2.05, 4.69) is 10.3 Å². The van der Waals surface area contributed by atoms with Crippen LogP contribution in [0.4, 0.5) is 5.82 Å². The maximum absolute atomic E-state index is 12.0. The highest BCUT2D eigenvalue weighted by Crippen LogP contribution is 2.07. The Bertz CT molecular complexity index is 677. The minimum absolute atomic E-state index is 0.0303. The van der Waals surface area contributed by atoms with Gasteiger partial charge in [0.2, 0.25) is 5.56 Å². The second-order valence-electron chi connectivity index (χ2n) is 5.14. The van der Waals surface area contributed by atoms with Crippen LogP contribution in [0.3, 0.4) is 0 Å². The van der Waals surface area contributed by atoms with Gasteiger partial charge in [0.25, 0.3) is 5.91 Å². The van der Waals surface area contributed by atoms with Crippen molar-refractivity contribution in [2.75, 3.05) is 25.5 Å². The summed E-state index contributed by atoms with van der Waals surface area (Å²) in [5.41, 5.74) is 0.500. The van der Waals surface area contributed by atoms with Gasteiger partial charge in [-0.3, -0.25) is 9.59 Å². The third-order valence-electron chi connectivity index (χ3n) is 3.23.